The van der Waals surface area contributed by atoms with Crippen molar-refractivity contribution in [3.8, 4) is 0 Å². The van der Waals surface area contributed by atoms with E-state index in [-0.39, 0.29) is 11.3 Å². The molecule has 0 radical (unpaired) electrons. The predicted octanol–water partition coefficient (Wildman–Crippen LogP) is 2.10. The molecule has 2 aromatic rings. The largest absolute Gasteiger partial charge is 0.343 e. The Hall–Kier alpha value is -1.76. The van der Waals surface area contributed by atoms with Gasteiger partial charge in [-0.3, -0.25) is 4.79 Å². The zero-order valence-corrected chi connectivity index (χ0v) is 12.2. The Kier molecular flexibility index (Phi) is 3.66. The third-order valence-corrected chi connectivity index (χ3v) is 3.42. The van der Waals surface area contributed by atoms with Gasteiger partial charge in [0, 0.05) is 12.5 Å². The smallest absolute Gasteiger partial charge is 0.266 e. The molecule has 0 aliphatic heterocycles. The van der Waals surface area contributed by atoms with Gasteiger partial charge in [0.15, 0.2) is 5.82 Å². The van der Waals surface area contributed by atoms with Crippen LogP contribution in [0.25, 0.3) is 0 Å². The third kappa shape index (κ3) is 2.98. The summed E-state index contributed by atoms with van der Waals surface area (Å²) in [5.41, 5.74) is 2.37. The Balaban J connectivity index is 2.18. The molecule has 0 unspecified atom stereocenters. The van der Waals surface area contributed by atoms with Crippen molar-refractivity contribution in [1.82, 2.24) is 20.0 Å². The van der Waals surface area contributed by atoms with E-state index in [4.69, 9.17) is 0 Å². The summed E-state index contributed by atoms with van der Waals surface area (Å²) in [5, 5.41) is 3.70. The molecule has 0 aliphatic carbocycles. The number of carbonyl (C=O) groups excluding carboxylic acids is 1. The number of hydrogen-bond acceptors (Lipinski definition) is 6. The summed E-state index contributed by atoms with van der Waals surface area (Å²) in [6.45, 7) is 6.44. The number of hydrogen-bond donors (Lipinski definition) is 0. The van der Waals surface area contributed by atoms with Crippen LogP contribution in [0.1, 0.15) is 42.0 Å². The van der Waals surface area contributed by atoms with Gasteiger partial charge >= 0.3 is 0 Å². The van der Waals surface area contributed by atoms with Crippen LogP contribution in [-0.4, -0.2) is 33.0 Å². The number of aromatic nitrogens is 3. The highest BCUT2D eigenvalue weighted by Gasteiger charge is 2.27. The summed E-state index contributed by atoms with van der Waals surface area (Å²) < 4.78 is 4.65. The monoisotopic (exact) mass is 280 g/mol. The minimum Gasteiger partial charge on any atom is -0.343 e. The highest BCUT2D eigenvalue weighted by molar-refractivity contribution is 7.11. The van der Waals surface area contributed by atoms with Gasteiger partial charge in [0.05, 0.1) is 17.7 Å². The third-order valence-electron chi connectivity index (χ3n) is 2.60. The van der Waals surface area contributed by atoms with Crippen LogP contribution in [0.4, 0.5) is 0 Å². The fraction of sp³-hybridized carbons (Fsp3) is 0.500. The van der Waals surface area contributed by atoms with Crippen molar-refractivity contribution < 1.29 is 9.32 Å². The van der Waals surface area contributed by atoms with Crippen molar-refractivity contribution in [2.24, 2.45) is 0 Å². The van der Waals surface area contributed by atoms with E-state index in [0.29, 0.717) is 17.2 Å². The van der Waals surface area contributed by atoms with E-state index in [1.54, 1.807) is 17.5 Å². The Bertz CT molecular complexity index is 557. The van der Waals surface area contributed by atoms with E-state index in [0.717, 1.165) is 5.69 Å². The van der Waals surface area contributed by atoms with Crippen LogP contribution in [0.3, 0.4) is 0 Å². The molecule has 0 atom stereocenters. The van der Waals surface area contributed by atoms with Crippen LogP contribution in [0, 0.1) is 0 Å². The lowest BCUT2D eigenvalue weighted by atomic mass is 9.91. The molecular formula is C12H16N4O2S. The standard InChI is InChI=1S/C12H16N4O2S/c1-12(2,3)10-9(19-7-14-10)11(17)16(4)5-8-13-6-18-15-8/h6-7H,5H2,1-4H3. The van der Waals surface area contributed by atoms with Crippen LogP contribution >= 0.6 is 11.3 Å². The maximum absolute atomic E-state index is 12.4. The molecular weight excluding hydrogens is 264 g/mol. The average Bonchev–Trinajstić information content (AvgIpc) is 2.96. The van der Waals surface area contributed by atoms with Gasteiger partial charge in [-0.25, -0.2) is 4.98 Å². The number of rotatable bonds is 3. The van der Waals surface area contributed by atoms with E-state index in [2.05, 4.69) is 19.6 Å². The summed E-state index contributed by atoms with van der Waals surface area (Å²) in [7, 11) is 1.71. The van der Waals surface area contributed by atoms with E-state index < -0.39 is 0 Å². The molecule has 7 heteroatoms. The number of amides is 1. The first-order valence-electron chi connectivity index (χ1n) is 5.84. The van der Waals surface area contributed by atoms with Gasteiger partial charge in [-0.15, -0.1) is 11.3 Å². The minimum atomic E-state index is -0.155. The second-order valence-corrected chi connectivity index (χ2v) is 6.14. The Morgan fingerprint density at radius 3 is 2.74 bits per heavy atom. The molecule has 2 rings (SSSR count). The van der Waals surface area contributed by atoms with Gasteiger partial charge in [0.2, 0.25) is 6.39 Å². The predicted molar refractivity (Wildman–Crippen MR) is 70.9 cm³/mol. The molecule has 2 heterocycles. The number of nitrogens with zero attached hydrogens (tertiary/aromatic N) is 4. The molecule has 0 saturated heterocycles. The lowest BCUT2D eigenvalue weighted by Crippen LogP contribution is -2.28. The van der Waals surface area contributed by atoms with Crippen molar-refractivity contribution in [3.63, 3.8) is 0 Å². The van der Waals surface area contributed by atoms with Gasteiger partial charge in [0.1, 0.15) is 4.88 Å². The molecule has 102 valence electrons. The maximum atomic E-state index is 12.4. The average molecular weight is 280 g/mol. The van der Waals surface area contributed by atoms with Gasteiger partial charge in [0.25, 0.3) is 5.91 Å². The quantitative estimate of drug-likeness (QED) is 0.861. The second-order valence-electron chi connectivity index (χ2n) is 5.29. The highest BCUT2D eigenvalue weighted by Crippen LogP contribution is 2.28. The molecule has 19 heavy (non-hydrogen) atoms. The molecule has 0 aromatic carbocycles. The van der Waals surface area contributed by atoms with Gasteiger partial charge in [-0.05, 0) is 0 Å². The van der Waals surface area contributed by atoms with Crippen LogP contribution in [0.5, 0.6) is 0 Å². The van der Waals surface area contributed by atoms with Crippen molar-refractivity contribution in [2.45, 2.75) is 32.7 Å². The first-order chi connectivity index (χ1) is 8.89. The summed E-state index contributed by atoms with van der Waals surface area (Å²) in [4.78, 5) is 22.9. The topological polar surface area (TPSA) is 72.1 Å². The summed E-state index contributed by atoms with van der Waals surface area (Å²) in [6, 6.07) is 0. The zero-order valence-electron chi connectivity index (χ0n) is 11.4. The molecule has 0 N–H and O–H groups in total. The summed E-state index contributed by atoms with van der Waals surface area (Å²) in [5.74, 6) is 0.412. The fourth-order valence-corrected chi connectivity index (χ4v) is 2.64. The van der Waals surface area contributed by atoms with E-state index in [1.807, 2.05) is 20.8 Å². The Morgan fingerprint density at radius 1 is 1.42 bits per heavy atom. The molecule has 0 fully saturated rings. The Morgan fingerprint density at radius 2 is 2.16 bits per heavy atom. The van der Waals surface area contributed by atoms with Crippen molar-refractivity contribution in [1.29, 1.82) is 0 Å². The molecule has 0 bridgehead atoms. The second kappa shape index (κ2) is 5.08. The Labute approximate surface area is 115 Å². The zero-order chi connectivity index (χ0) is 14.0. The summed E-state index contributed by atoms with van der Waals surface area (Å²) >= 11 is 1.36. The van der Waals surface area contributed by atoms with E-state index in [9.17, 15) is 4.79 Å². The van der Waals surface area contributed by atoms with Crippen LogP contribution in [0.15, 0.2) is 16.4 Å². The minimum absolute atomic E-state index is 0.0720. The number of carbonyl (C=O) groups is 1. The van der Waals surface area contributed by atoms with Crippen LogP contribution in [0.2, 0.25) is 0 Å². The van der Waals surface area contributed by atoms with Crippen molar-refractivity contribution in [3.05, 3.63) is 28.3 Å². The lowest BCUT2D eigenvalue weighted by Gasteiger charge is -2.20. The van der Waals surface area contributed by atoms with Gasteiger partial charge in [-0.1, -0.05) is 25.9 Å². The van der Waals surface area contributed by atoms with Crippen molar-refractivity contribution >= 4 is 17.2 Å². The summed E-state index contributed by atoms with van der Waals surface area (Å²) in [6.07, 6.45) is 1.25. The van der Waals surface area contributed by atoms with Crippen LogP contribution < -0.4 is 0 Å². The first-order valence-corrected chi connectivity index (χ1v) is 6.72. The van der Waals surface area contributed by atoms with E-state index in [1.165, 1.54) is 17.7 Å². The molecule has 6 nitrogen and oxygen atoms in total. The normalized spacial score (nSPS) is 11.6. The first kappa shape index (κ1) is 13.7. The van der Waals surface area contributed by atoms with Gasteiger partial charge in [-0.2, -0.15) is 4.98 Å². The van der Waals surface area contributed by atoms with Gasteiger partial charge < -0.3 is 9.42 Å². The fourth-order valence-electron chi connectivity index (χ4n) is 1.65. The molecule has 1 amide bonds. The molecule has 0 spiro atoms. The highest BCUT2D eigenvalue weighted by atomic mass is 32.1. The molecule has 0 aliphatic rings. The number of thiazole rings is 1. The van der Waals surface area contributed by atoms with E-state index >= 15 is 0 Å². The maximum Gasteiger partial charge on any atom is 0.266 e. The van der Waals surface area contributed by atoms with Crippen LogP contribution in [-0.2, 0) is 12.0 Å². The SMILES string of the molecule is CN(Cc1ncon1)C(=O)c1scnc1C(C)(C)C. The lowest BCUT2D eigenvalue weighted by molar-refractivity contribution is 0.0782. The molecule has 2 aromatic heterocycles. The molecule has 0 saturated carbocycles. The van der Waals surface area contributed by atoms with Crippen molar-refractivity contribution in [2.75, 3.05) is 7.05 Å².